The molecule has 19 heavy (non-hydrogen) atoms. The second-order valence-corrected chi connectivity index (χ2v) is 5.07. The number of hydrogen-bond donors (Lipinski definition) is 1. The molecule has 0 saturated heterocycles. The first-order valence-corrected chi connectivity index (χ1v) is 6.69. The lowest BCUT2D eigenvalue weighted by molar-refractivity contribution is 0.481. The highest BCUT2D eigenvalue weighted by atomic mass is 16.3. The molecule has 0 fully saturated rings. The molecule has 1 aromatic heterocycles. The Morgan fingerprint density at radius 2 is 1.84 bits per heavy atom. The van der Waals surface area contributed by atoms with Crippen LogP contribution in [0, 0.1) is 0 Å². The Morgan fingerprint density at radius 1 is 1.00 bits per heavy atom. The zero-order valence-corrected chi connectivity index (χ0v) is 10.6. The van der Waals surface area contributed by atoms with Crippen molar-refractivity contribution in [3.05, 3.63) is 71.5 Å². The molecule has 2 heterocycles. The molecule has 1 aliphatic rings. The number of benzene rings is 2. The van der Waals surface area contributed by atoms with Crippen LogP contribution in [0.4, 0.5) is 0 Å². The molecule has 1 aliphatic heterocycles. The number of rotatable bonds is 1. The highest BCUT2D eigenvalue weighted by molar-refractivity contribution is 5.78. The van der Waals surface area contributed by atoms with Crippen LogP contribution in [0.25, 0.3) is 11.0 Å². The van der Waals surface area contributed by atoms with Crippen LogP contribution in [0.15, 0.2) is 59.0 Å². The first-order valence-electron chi connectivity index (χ1n) is 6.69. The molecule has 94 valence electrons. The van der Waals surface area contributed by atoms with E-state index in [9.17, 15) is 0 Å². The number of fused-ring (bicyclic) bond motifs is 2. The average Bonchev–Trinajstić information content (AvgIpc) is 2.90. The van der Waals surface area contributed by atoms with Gasteiger partial charge in [-0.2, -0.15) is 0 Å². The van der Waals surface area contributed by atoms with Gasteiger partial charge in [0.15, 0.2) is 0 Å². The fraction of sp³-hybridized carbons (Fsp3) is 0.176. The molecule has 2 heteroatoms. The van der Waals surface area contributed by atoms with Crippen molar-refractivity contribution in [2.24, 2.45) is 0 Å². The predicted octanol–water partition coefficient (Wildman–Crippen LogP) is 3.67. The van der Waals surface area contributed by atoms with Gasteiger partial charge in [0.2, 0.25) is 0 Å². The maximum Gasteiger partial charge on any atom is 0.134 e. The third-order valence-corrected chi connectivity index (χ3v) is 3.88. The molecular weight excluding hydrogens is 234 g/mol. The van der Waals surface area contributed by atoms with Crippen LogP contribution in [0.5, 0.6) is 0 Å². The van der Waals surface area contributed by atoms with E-state index in [4.69, 9.17) is 4.42 Å². The molecule has 0 amide bonds. The van der Waals surface area contributed by atoms with E-state index in [1.54, 1.807) is 0 Å². The average molecular weight is 249 g/mol. The standard InChI is InChI=1S/C17H15NO/c1-3-7-14-13(6-1)10-18-11-15(14)17-9-12-5-2-4-8-16(12)19-17/h1-9,15,18H,10-11H2. The van der Waals surface area contributed by atoms with Crippen LogP contribution in [-0.2, 0) is 6.54 Å². The van der Waals surface area contributed by atoms with E-state index >= 15 is 0 Å². The maximum atomic E-state index is 6.02. The van der Waals surface area contributed by atoms with Crippen molar-refractivity contribution in [2.45, 2.75) is 12.5 Å². The third-order valence-electron chi connectivity index (χ3n) is 3.88. The number of furan rings is 1. The van der Waals surface area contributed by atoms with Gasteiger partial charge in [0.05, 0.1) is 5.92 Å². The quantitative estimate of drug-likeness (QED) is 0.712. The van der Waals surface area contributed by atoms with E-state index in [1.165, 1.54) is 16.5 Å². The van der Waals surface area contributed by atoms with Crippen molar-refractivity contribution in [3.63, 3.8) is 0 Å². The van der Waals surface area contributed by atoms with Crippen LogP contribution in [0.2, 0.25) is 0 Å². The summed E-state index contributed by atoms with van der Waals surface area (Å²) >= 11 is 0. The first kappa shape index (κ1) is 10.8. The van der Waals surface area contributed by atoms with E-state index in [1.807, 2.05) is 12.1 Å². The van der Waals surface area contributed by atoms with Gasteiger partial charge in [-0.1, -0.05) is 42.5 Å². The van der Waals surface area contributed by atoms with Crippen molar-refractivity contribution in [1.29, 1.82) is 0 Å². The third kappa shape index (κ3) is 1.76. The first-order chi connectivity index (χ1) is 9.42. The highest BCUT2D eigenvalue weighted by Gasteiger charge is 2.23. The second kappa shape index (κ2) is 4.25. The summed E-state index contributed by atoms with van der Waals surface area (Å²) in [5.74, 6) is 1.37. The van der Waals surface area contributed by atoms with E-state index in [-0.39, 0.29) is 0 Å². The highest BCUT2D eigenvalue weighted by Crippen LogP contribution is 2.33. The summed E-state index contributed by atoms with van der Waals surface area (Å²) < 4.78 is 6.02. The molecule has 0 bridgehead atoms. The Morgan fingerprint density at radius 3 is 2.79 bits per heavy atom. The Labute approximate surface area is 112 Å². The summed E-state index contributed by atoms with van der Waals surface area (Å²) in [5.41, 5.74) is 3.74. The topological polar surface area (TPSA) is 25.2 Å². The Hall–Kier alpha value is -2.06. The monoisotopic (exact) mass is 249 g/mol. The number of nitrogens with one attached hydrogen (secondary N) is 1. The summed E-state index contributed by atoms with van der Waals surface area (Å²) in [7, 11) is 0. The van der Waals surface area contributed by atoms with E-state index in [0.717, 1.165) is 24.4 Å². The number of para-hydroxylation sites is 1. The SMILES string of the molecule is c1ccc2c(c1)CNCC2c1cc2ccccc2o1. The van der Waals surface area contributed by atoms with Gasteiger partial charge in [-0.15, -0.1) is 0 Å². The van der Waals surface area contributed by atoms with Crippen LogP contribution in [0.3, 0.4) is 0 Å². The fourth-order valence-corrected chi connectivity index (χ4v) is 2.92. The summed E-state index contributed by atoms with van der Waals surface area (Å²) in [4.78, 5) is 0. The smallest absolute Gasteiger partial charge is 0.134 e. The summed E-state index contributed by atoms with van der Waals surface area (Å²) in [6.07, 6.45) is 0. The van der Waals surface area contributed by atoms with Gasteiger partial charge in [-0.05, 0) is 23.3 Å². The molecule has 0 aliphatic carbocycles. The van der Waals surface area contributed by atoms with E-state index in [2.05, 4.69) is 47.8 Å². The van der Waals surface area contributed by atoms with E-state index in [0.29, 0.717) is 5.92 Å². The van der Waals surface area contributed by atoms with Crippen molar-refractivity contribution in [1.82, 2.24) is 5.32 Å². The fourth-order valence-electron chi connectivity index (χ4n) is 2.92. The van der Waals surface area contributed by atoms with Crippen LogP contribution >= 0.6 is 0 Å². The van der Waals surface area contributed by atoms with Crippen LogP contribution in [0.1, 0.15) is 22.8 Å². The summed E-state index contributed by atoms with van der Waals surface area (Å²) in [6.45, 7) is 1.89. The molecule has 3 aromatic rings. The Kier molecular flexibility index (Phi) is 2.42. The van der Waals surface area contributed by atoms with Crippen molar-refractivity contribution in [2.75, 3.05) is 6.54 Å². The maximum absolute atomic E-state index is 6.02. The molecule has 0 saturated carbocycles. The lowest BCUT2D eigenvalue weighted by Gasteiger charge is -2.24. The minimum Gasteiger partial charge on any atom is -0.460 e. The van der Waals surface area contributed by atoms with Crippen molar-refractivity contribution in [3.8, 4) is 0 Å². The molecule has 2 aromatic carbocycles. The van der Waals surface area contributed by atoms with Gasteiger partial charge in [0.25, 0.3) is 0 Å². The Bertz CT molecular complexity index is 696. The Balaban J connectivity index is 1.85. The second-order valence-electron chi connectivity index (χ2n) is 5.07. The molecule has 4 rings (SSSR count). The minimum absolute atomic E-state index is 0.317. The lowest BCUT2D eigenvalue weighted by Crippen LogP contribution is -2.28. The molecule has 1 atom stereocenters. The van der Waals surface area contributed by atoms with Crippen LogP contribution < -0.4 is 5.32 Å². The molecule has 0 radical (unpaired) electrons. The largest absolute Gasteiger partial charge is 0.460 e. The van der Waals surface area contributed by atoms with Gasteiger partial charge in [-0.3, -0.25) is 0 Å². The molecule has 2 nitrogen and oxygen atoms in total. The van der Waals surface area contributed by atoms with Crippen LogP contribution in [-0.4, -0.2) is 6.54 Å². The van der Waals surface area contributed by atoms with Gasteiger partial charge < -0.3 is 9.73 Å². The predicted molar refractivity (Wildman–Crippen MR) is 76.2 cm³/mol. The minimum atomic E-state index is 0.317. The van der Waals surface area contributed by atoms with Gasteiger partial charge in [-0.25, -0.2) is 0 Å². The lowest BCUT2D eigenvalue weighted by atomic mass is 9.89. The molecule has 0 spiro atoms. The van der Waals surface area contributed by atoms with Gasteiger partial charge >= 0.3 is 0 Å². The van der Waals surface area contributed by atoms with Crippen molar-refractivity contribution >= 4 is 11.0 Å². The van der Waals surface area contributed by atoms with Crippen molar-refractivity contribution < 1.29 is 4.42 Å². The van der Waals surface area contributed by atoms with E-state index < -0.39 is 0 Å². The summed E-state index contributed by atoms with van der Waals surface area (Å²) in [5, 5.41) is 4.65. The molecule has 1 unspecified atom stereocenters. The molecule has 1 N–H and O–H groups in total. The molecular formula is C17H15NO. The summed E-state index contributed by atoms with van der Waals surface area (Å²) in [6, 6.07) is 19.0. The zero-order chi connectivity index (χ0) is 12.7. The van der Waals surface area contributed by atoms with Gasteiger partial charge in [0.1, 0.15) is 11.3 Å². The number of hydrogen-bond acceptors (Lipinski definition) is 2. The van der Waals surface area contributed by atoms with Gasteiger partial charge in [0, 0.05) is 18.5 Å². The normalized spacial score (nSPS) is 18.4. The zero-order valence-electron chi connectivity index (χ0n) is 10.6.